The number of hydrogen-bond acceptors (Lipinski definition) is 3. The van der Waals surface area contributed by atoms with Crippen LogP contribution in [0.25, 0.3) is 0 Å². The Morgan fingerprint density at radius 1 is 1.12 bits per heavy atom. The van der Waals surface area contributed by atoms with Gasteiger partial charge in [-0.25, -0.2) is 0 Å². The summed E-state index contributed by atoms with van der Waals surface area (Å²) >= 11 is 0. The van der Waals surface area contributed by atoms with E-state index in [1.165, 1.54) is 25.7 Å². The van der Waals surface area contributed by atoms with E-state index in [0.717, 1.165) is 31.3 Å². The van der Waals surface area contributed by atoms with Crippen LogP contribution in [0.5, 0.6) is 0 Å². The van der Waals surface area contributed by atoms with Crippen LogP contribution in [-0.4, -0.2) is 31.1 Å². The maximum Gasteiger partial charge on any atom is 0.253 e. The van der Waals surface area contributed by atoms with Gasteiger partial charge in [-0.3, -0.25) is 9.59 Å². The first-order valence-corrected chi connectivity index (χ1v) is 9.97. The van der Waals surface area contributed by atoms with Crippen molar-refractivity contribution >= 4 is 17.5 Å². The fourth-order valence-corrected chi connectivity index (χ4v) is 4.96. The van der Waals surface area contributed by atoms with Gasteiger partial charge in [0.15, 0.2) is 0 Å². The van der Waals surface area contributed by atoms with Crippen molar-refractivity contribution in [2.75, 3.05) is 18.5 Å². The van der Waals surface area contributed by atoms with E-state index in [0.29, 0.717) is 30.1 Å². The van der Waals surface area contributed by atoms with Crippen molar-refractivity contribution in [1.82, 2.24) is 5.32 Å². The van der Waals surface area contributed by atoms with Crippen molar-refractivity contribution in [3.8, 4) is 0 Å². The molecule has 3 aliphatic rings. The molecular formula is C21H28N2O3. The zero-order valence-corrected chi connectivity index (χ0v) is 15.2. The van der Waals surface area contributed by atoms with Crippen LogP contribution in [0.3, 0.4) is 0 Å². The molecule has 5 heteroatoms. The highest BCUT2D eigenvalue weighted by atomic mass is 16.5. The fourth-order valence-electron chi connectivity index (χ4n) is 4.96. The molecule has 0 aromatic heterocycles. The molecule has 1 saturated heterocycles. The first kappa shape index (κ1) is 17.5. The first-order chi connectivity index (χ1) is 12.7. The number of para-hydroxylation sites is 1. The lowest BCUT2D eigenvalue weighted by molar-refractivity contribution is -0.117. The van der Waals surface area contributed by atoms with Crippen LogP contribution >= 0.6 is 0 Å². The Balaban J connectivity index is 1.34. The van der Waals surface area contributed by atoms with E-state index in [1.807, 2.05) is 12.1 Å². The maximum atomic E-state index is 12.5. The maximum absolute atomic E-state index is 12.5. The molecule has 0 spiro atoms. The molecule has 4 atom stereocenters. The summed E-state index contributed by atoms with van der Waals surface area (Å²) in [6, 6.07) is 7.24. The molecule has 26 heavy (non-hydrogen) atoms. The van der Waals surface area contributed by atoms with Crippen molar-refractivity contribution in [3.05, 3.63) is 29.8 Å². The Labute approximate surface area is 154 Å². The van der Waals surface area contributed by atoms with Gasteiger partial charge in [-0.2, -0.15) is 0 Å². The number of anilines is 1. The number of hydrogen-bond donors (Lipinski definition) is 2. The highest BCUT2D eigenvalue weighted by molar-refractivity contribution is 6.03. The number of carbonyl (C=O) groups excluding carboxylic acids is 2. The van der Waals surface area contributed by atoms with Crippen LogP contribution in [0.1, 0.15) is 55.3 Å². The SMILES string of the molecule is O=C(CC1CC2CCC1C2)Nc1ccccc1C(=O)NCC1CCCO1. The molecule has 2 saturated carbocycles. The topological polar surface area (TPSA) is 67.4 Å². The Morgan fingerprint density at radius 3 is 2.73 bits per heavy atom. The van der Waals surface area contributed by atoms with Gasteiger partial charge in [0, 0.05) is 19.6 Å². The Kier molecular flexibility index (Phi) is 5.25. The minimum absolute atomic E-state index is 0.0296. The van der Waals surface area contributed by atoms with Crippen LogP contribution in [-0.2, 0) is 9.53 Å². The lowest BCUT2D eigenvalue weighted by Gasteiger charge is -2.21. The Hall–Kier alpha value is -1.88. The van der Waals surface area contributed by atoms with Crippen LogP contribution in [0.4, 0.5) is 5.69 Å². The average molecular weight is 356 g/mol. The van der Waals surface area contributed by atoms with Crippen LogP contribution in [0, 0.1) is 17.8 Å². The first-order valence-electron chi connectivity index (χ1n) is 9.97. The lowest BCUT2D eigenvalue weighted by Crippen LogP contribution is -2.32. The summed E-state index contributed by atoms with van der Waals surface area (Å²) in [5.74, 6) is 1.97. The fraction of sp³-hybridized carbons (Fsp3) is 0.619. The van der Waals surface area contributed by atoms with E-state index in [1.54, 1.807) is 12.1 Å². The molecule has 1 aliphatic heterocycles. The van der Waals surface area contributed by atoms with Gasteiger partial charge < -0.3 is 15.4 Å². The van der Waals surface area contributed by atoms with Crippen LogP contribution in [0.15, 0.2) is 24.3 Å². The smallest absolute Gasteiger partial charge is 0.253 e. The summed E-state index contributed by atoms with van der Waals surface area (Å²) in [4.78, 5) is 25.1. The molecule has 5 nitrogen and oxygen atoms in total. The highest BCUT2D eigenvalue weighted by Gasteiger charge is 2.40. The van der Waals surface area contributed by atoms with E-state index in [9.17, 15) is 9.59 Å². The monoisotopic (exact) mass is 356 g/mol. The van der Waals surface area contributed by atoms with E-state index < -0.39 is 0 Å². The summed E-state index contributed by atoms with van der Waals surface area (Å²) in [7, 11) is 0. The predicted molar refractivity (Wildman–Crippen MR) is 99.9 cm³/mol. The van der Waals surface area contributed by atoms with Crippen molar-refractivity contribution in [2.24, 2.45) is 17.8 Å². The molecule has 2 N–H and O–H groups in total. The summed E-state index contributed by atoms with van der Waals surface area (Å²) < 4.78 is 5.55. The molecule has 1 aromatic rings. The second-order valence-corrected chi connectivity index (χ2v) is 8.08. The number of nitrogens with one attached hydrogen (secondary N) is 2. The minimum Gasteiger partial charge on any atom is -0.376 e. The van der Waals surface area contributed by atoms with Gasteiger partial charge in [-0.1, -0.05) is 18.6 Å². The Morgan fingerprint density at radius 2 is 2.00 bits per heavy atom. The number of rotatable bonds is 6. The van der Waals surface area contributed by atoms with Gasteiger partial charge in [0.25, 0.3) is 5.91 Å². The molecule has 4 rings (SSSR count). The van der Waals surface area contributed by atoms with E-state index >= 15 is 0 Å². The zero-order valence-electron chi connectivity index (χ0n) is 15.2. The summed E-state index contributed by atoms with van der Waals surface area (Å²) in [5, 5.41) is 5.91. The molecule has 1 heterocycles. The largest absolute Gasteiger partial charge is 0.376 e. The van der Waals surface area contributed by atoms with Crippen LogP contribution < -0.4 is 10.6 Å². The summed E-state index contributed by atoms with van der Waals surface area (Å²) in [6.07, 6.45) is 7.85. The standard InChI is InChI=1S/C21H28N2O3/c24-20(12-16-11-14-7-8-15(16)10-14)23-19-6-2-1-5-18(19)21(25)22-13-17-4-3-9-26-17/h1-2,5-6,14-17H,3-4,7-13H2,(H,22,25)(H,23,24). The Bertz CT molecular complexity index is 669. The van der Waals surface area contributed by atoms with Crippen LogP contribution in [0.2, 0.25) is 0 Å². The highest BCUT2D eigenvalue weighted by Crippen LogP contribution is 2.49. The molecule has 2 bridgehead atoms. The van der Waals surface area contributed by atoms with E-state index in [-0.39, 0.29) is 17.9 Å². The number of amides is 2. The van der Waals surface area contributed by atoms with Gasteiger partial charge in [-0.05, 0) is 62.0 Å². The number of ether oxygens (including phenoxy) is 1. The normalized spacial score (nSPS) is 29.7. The number of fused-ring (bicyclic) bond motifs is 2. The average Bonchev–Trinajstić information content (AvgIpc) is 3.38. The van der Waals surface area contributed by atoms with E-state index in [4.69, 9.17) is 4.74 Å². The summed E-state index contributed by atoms with van der Waals surface area (Å²) in [5.41, 5.74) is 1.12. The lowest BCUT2D eigenvalue weighted by atomic mass is 9.86. The van der Waals surface area contributed by atoms with Gasteiger partial charge >= 0.3 is 0 Å². The van der Waals surface area contributed by atoms with Gasteiger partial charge in [-0.15, -0.1) is 0 Å². The second-order valence-electron chi connectivity index (χ2n) is 8.08. The molecular weight excluding hydrogens is 328 g/mol. The third-order valence-electron chi connectivity index (χ3n) is 6.29. The zero-order chi connectivity index (χ0) is 17.9. The predicted octanol–water partition coefficient (Wildman–Crippen LogP) is 3.36. The molecule has 4 unspecified atom stereocenters. The molecule has 1 aromatic carbocycles. The summed E-state index contributed by atoms with van der Waals surface area (Å²) in [6.45, 7) is 1.29. The minimum atomic E-state index is -0.156. The molecule has 140 valence electrons. The van der Waals surface area contributed by atoms with Gasteiger partial charge in [0.2, 0.25) is 5.91 Å². The number of carbonyl (C=O) groups is 2. The number of benzene rings is 1. The second kappa shape index (κ2) is 7.78. The van der Waals surface area contributed by atoms with Crippen molar-refractivity contribution in [2.45, 2.75) is 51.0 Å². The quantitative estimate of drug-likeness (QED) is 0.821. The molecule has 3 fully saturated rings. The third kappa shape index (κ3) is 3.93. The van der Waals surface area contributed by atoms with Crippen molar-refractivity contribution < 1.29 is 14.3 Å². The van der Waals surface area contributed by atoms with Gasteiger partial charge in [0.1, 0.15) is 0 Å². The molecule has 0 radical (unpaired) electrons. The molecule has 2 amide bonds. The van der Waals surface area contributed by atoms with Gasteiger partial charge in [0.05, 0.1) is 17.4 Å². The third-order valence-corrected chi connectivity index (χ3v) is 6.29. The van der Waals surface area contributed by atoms with E-state index in [2.05, 4.69) is 10.6 Å². The van der Waals surface area contributed by atoms with Crippen molar-refractivity contribution in [1.29, 1.82) is 0 Å². The van der Waals surface area contributed by atoms with Crippen molar-refractivity contribution in [3.63, 3.8) is 0 Å². The molecule has 2 aliphatic carbocycles.